The number of nitrogens with zero attached hydrogens (tertiary/aromatic N) is 2. The molecule has 2 aromatic heterocycles. The molecular formula is C12H14ClN3S. The van der Waals surface area contributed by atoms with Crippen LogP contribution in [0.3, 0.4) is 0 Å². The number of hydrogen-bond donors (Lipinski definition) is 1. The Labute approximate surface area is 110 Å². The van der Waals surface area contributed by atoms with E-state index in [9.17, 15) is 0 Å². The second-order valence-electron chi connectivity index (χ2n) is 3.99. The zero-order chi connectivity index (χ0) is 12.3. The number of halogens is 1. The zero-order valence-corrected chi connectivity index (χ0v) is 11.1. The lowest BCUT2D eigenvalue weighted by Crippen LogP contribution is -2.25. The summed E-state index contributed by atoms with van der Waals surface area (Å²) < 4.78 is 0. The van der Waals surface area contributed by atoms with Crippen LogP contribution in [0, 0.1) is 6.92 Å². The van der Waals surface area contributed by atoms with Gasteiger partial charge >= 0.3 is 0 Å². The summed E-state index contributed by atoms with van der Waals surface area (Å²) in [5.74, 6) is 0. The standard InChI is InChI=1S/C12H14ClN3S/c1-8-16-11(7-17-8)5-10(14)4-9-2-3-15-6-12(9)13/h2-3,6-7,10H,4-5,14H2,1H3. The highest BCUT2D eigenvalue weighted by Crippen LogP contribution is 2.16. The van der Waals surface area contributed by atoms with E-state index < -0.39 is 0 Å². The Morgan fingerprint density at radius 1 is 1.47 bits per heavy atom. The summed E-state index contributed by atoms with van der Waals surface area (Å²) in [6, 6.07) is 1.95. The summed E-state index contributed by atoms with van der Waals surface area (Å²) in [4.78, 5) is 8.36. The fourth-order valence-electron chi connectivity index (χ4n) is 1.69. The maximum absolute atomic E-state index is 6.10. The Balaban J connectivity index is 1.98. The van der Waals surface area contributed by atoms with Gasteiger partial charge in [0.15, 0.2) is 0 Å². The van der Waals surface area contributed by atoms with Crippen LogP contribution in [0.15, 0.2) is 23.8 Å². The number of thiazole rings is 1. The van der Waals surface area contributed by atoms with E-state index in [1.54, 1.807) is 23.7 Å². The van der Waals surface area contributed by atoms with Crippen LogP contribution in [-0.2, 0) is 12.8 Å². The van der Waals surface area contributed by atoms with Gasteiger partial charge in [0.25, 0.3) is 0 Å². The Kier molecular flexibility index (Phi) is 4.10. The summed E-state index contributed by atoms with van der Waals surface area (Å²) in [5, 5.41) is 3.81. The quantitative estimate of drug-likeness (QED) is 0.926. The number of rotatable bonds is 4. The van der Waals surface area contributed by atoms with Crippen molar-refractivity contribution >= 4 is 22.9 Å². The minimum atomic E-state index is 0.0383. The maximum atomic E-state index is 6.10. The lowest BCUT2D eigenvalue weighted by molar-refractivity contribution is 0.655. The van der Waals surface area contributed by atoms with E-state index in [1.165, 1.54) is 0 Å². The molecule has 1 atom stereocenters. The molecular weight excluding hydrogens is 254 g/mol. The first-order valence-corrected chi connectivity index (χ1v) is 6.66. The van der Waals surface area contributed by atoms with Crippen molar-refractivity contribution in [2.45, 2.75) is 25.8 Å². The third-order valence-electron chi connectivity index (χ3n) is 2.48. The molecule has 2 aromatic rings. The highest BCUT2D eigenvalue weighted by molar-refractivity contribution is 7.09. The average Bonchev–Trinajstić information content (AvgIpc) is 2.67. The normalized spacial score (nSPS) is 12.6. The maximum Gasteiger partial charge on any atom is 0.0897 e. The Morgan fingerprint density at radius 3 is 2.94 bits per heavy atom. The van der Waals surface area contributed by atoms with Crippen LogP contribution in [0.2, 0.25) is 5.02 Å². The molecule has 0 bridgehead atoms. The van der Waals surface area contributed by atoms with E-state index >= 15 is 0 Å². The van der Waals surface area contributed by atoms with Gasteiger partial charge < -0.3 is 5.73 Å². The summed E-state index contributed by atoms with van der Waals surface area (Å²) in [6.45, 7) is 2.00. The van der Waals surface area contributed by atoms with Gasteiger partial charge in [0, 0.05) is 30.2 Å². The van der Waals surface area contributed by atoms with Gasteiger partial charge in [0.2, 0.25) is 0 Å². The first kappa shape index (κ1) is 12.5. The molecule has 0 fully saturated rings. The predicted octanol–water partition coefficient (Wildman–Crippen LogP) is 2.61. The molecule has 0 saturated heterocycles. The minimum absolute atomic E-state index is 0.0383. The van der Waals surface area contributed by atoms with Gasteiger partial charge in [-0.15, -0.1) is 11.3 Å². The number of aromatic nitrogens is 2. The summed E-state index contributed by atoms with van der Waals surface area (Å²) >= 11 is 7.70. The number of nitrogens with two attached hydrogens (primary N) is 1. The average molecular weight is 268 g/mol. The van der Waals surface area contributed by atoms with Crippen LogP contribution in [-0.4, -0.2) is 16.0 Å². The Morgan fingerprint density at radius 2 is 2.29 bits per heavy atom. The van der Waals surface area contributed by atoms with Gasteiger partial charge in [-0.1, -0.05) is 11.6 Å². The molecule has 0 spiro atoms. The smallest absolute Gasteiger partial charge is 0.0897 e. The molecule has 0 aliphatic heterocycles. The molecule has 17 heavy (non-hydrogen) atoms. The largest absolute Gasteiger partial charge is 0.327 e. The molecule has 0 saturated carbocycles. The van der Waals surface area contributed by atoms with Crippen LogP contribution >= 0.6 is 22.9 Å². The molecule has 0 aromatic carbocycles. The van der Waals surface area contributed by atoms with Crippen molar-refractivity contribution in [3.8, 4) is 0 Å². The topological polar surface area (TPSA) is 51.8 Å². The first-order chi connectivity index (χ1) is 8.15. The zero-order valence-electron chi connectivity index (χ0n) is 9.56. The van der Waals surface area contributed by atoms with E-state index in [-0.39, 0.29) is 6.04 Å². The van der Waals surface area contributed by atoms with Crippen LogP contribution in [0.25, 0.3) is 0 Å². The van der Waals surface area contributed by atoms with Crippen molar-refractivity contribution in [3.05, 3.63) is 45.1 Å². The Bertz CT molecular complexity index is 498. The molecule has 1 unspecified atom stereocenters. The van der Waals surface area contributed by atoms with E-state index in [0.717, 1.165) is 29.1 Å². The van der Waals surface area contributed by atoms with Crippen LogP contribution in [0.1, 0.15) is 16.3 Å². The van der Waals surface area contributed by atoms with Crippen molar-refractivity contribution in [1.82, 2.24) is 9.97 Å². The molecule has 2 rings (SSSR count). The van der Waals surface area contributed by atoms with E-state index in [2.05, 4.69) is 15.3 Å². The van der Waals surface area contributed by atoms with E-state index in [0.29, 0.717) is 5.02 Å². The summed E-state index contributed by atoms with van der Waals surface area (Å²) in [6.07, 6.45) is 4.92. The monoisotopic (exact) mass is 267 g/mol. The third kappa shape index (κ3) is 3.49. The van der Waals surface area contributed by atoms with E-state index in [1.807, 2.05) is 13.0 Å². The predicted molar refractivity (Wildman–Crippen MR) is 71.5 cm³/mol. The van der Waals surface area contributed by atoms with Gasteiger partial charge in [-0.05, 0) is 25.0 Å². The number of pyridine rings is 1. The van der Waals surface area contributed by atoms with Gasteiger partial charge in [0.05, 0.1) is 15.7 Å². The van der Waals surface area contributed by atoms with Gasteiger partial charge in [-0.3, -0.25) is 4.98 Å². The molecule has 3 nitrogen and oxygen atoms in total. The Hall–Kier alpha value is -0.970. The van der Waals surface area contributed by atoms with Crippen molar-refractivity contribution in [2.75, 3.05) is 0 Å². The molecule has 0 amide bonds. The van der Waals surface area contributed by atoms with Gasteiger partial charge in [0.1, 0.15) is 0 Å². The molecule has 90 valence electrons. The molecule has 0 aliphatic carbocycles. The highest BCUT2D eigenvalue weighted by Gasteiger charge is 2.09. The number of hydrogen-bond acceptors (Lipinski definition) is 4. The SMILES string of the molecule is Cc1nc(CC(N)Cc2ccncc2Cl)cs1. The summed E-state index contributed by atoms with van der Waals surface area (Å²) in [5.41, 5.74) is 8.20. The van der Waals surface area contributed by atoms with Crippen LogP contribution in [0.5, 0.6) is 0 Å². The van der Waals surface area contributed by atoms with Crippen molar-refractivity contribution in [3.63, 3.8) is 0 Å². The van der Waals surface area contributed by atoms with E-state index in [4.69, 9.17) is 17.3 Å². The van der Waals surface area contributed by atoms with Crippen molar-refractivity contribution in [1.29, 1.82) is 0 Å². The fraction of sp³-hybridized carbons (Fsp3) is 0.333. The lowest BCUT2D eigenvalue weighted by atomic mass is 10.0. The number of aryl methyl sites for hydroxylation is 1. The second kappa shape index (κ2) is 5.58. The van der Waals surface area contributed by atoms with Crippen LogP contribution < -0.4 is 5.73 Å². The summed E-state index contributed by atoms with van der Waals surface area (Å²) in [7, 11) is 0. The molecule has 5 heteroatoms. The molecule has 0 aliphatic rings. The van der Waals surface area contributed by atoms with Gasteiger partial charge in [-0.2, -0.15) is 0 Å². The first-order valence-electron chi connectivity index (χ1n) is 5.40. The third-order valence-corrected chi connectivity index (χ3v) is 3.64. The molecule has 2 heterocycles. The molecule has 0 radical (unpaired) electrons. The van der Waals surface area contributed by atoms with Crippen molar-refractivity contribution in [2.24, 2.45) is 5.73 Å². The fourth-order valence-corrected chi connectivity index (χ4v) is 2.52. The second-order valence-corrected chi connectivity index (χ2v) is 5.46. The highest BCUT2D eigenvalue weighted by atomic mass is 35.5. The van der Waals surface area contributed by atoms with Crippen LogP contribution in [0.4, 0.5) is 0 Å². The molecule has 2 N–H and O–H groups in total. The lowest BCUT2D eigenvalue weighted by Gasteiger charge is -2.10. The van der Waals surface area contributed by atoms with Crippen molar-refractivity contribution < 1.29 is 0 Å². The van der Waals surface area contributed by atoms with Gasteiger partial charge in [-0.25, -0.2) is 4.98 Å². The minimum Gasteiger partial charge on any atom is -0.327 e.